The lowest BCUT2D eigenvalue weighted by molar-refractivity contribution is 0.529. The smallest absolute Gasteiger partial charge is 0.137 e. The third-order valence-corrected chi connectivity index (χ3v) is 4.87. The molecule has 0 saturated heterocycles. The third-order valence-electron chi connectivity index (χ3n) is 2.72. The van der Waals surface area contributed by atoms with Crippen molar-refractivity contribution in [3.05, 3.63) is 34.7 Å². The van der Waals surface area contributed by atoms with Gasteiger partial charge < -0.3 is 8.95 Å². The van der Waals surface area contributed by atoms with E-state index in [1.165, 1.54) is 0 Å². The molecular weight excluding hydrogens is 326 g/mol. The van der Waals surface area contributed by atoms with Crippen LogP contribution < -0.4 is 4.72 Å². The Morgan fingerprint density at radius 2 is 2.05 bits per heavy atom. The number of pyridine rings is 1. The summed E-state index contributed by atoms with van der Waals surface area (Å²) in [5.41, 5.74) is 1.77. The third kappa shape index (κ3) is 3.51. The topological polar surface area (TPSA) is 52.4 Å². The van der Waals surface area contributed by atoms with E-state index in [4.69, 9.17) is 0 Å². The molecule has 104 valence electrons. The highest BCUT2D eigenvalue weighted by Gasteiger charge is 2.28. The predicted molar refractivity (Wildman–Crippen MR) is 82.3 cm³/mol. The van der Waals surface area contributed by atoms with Crippen molar-refractivity contribution in [1.29, 1.82) is 0 Å². The molecule has 2 atom stereocenters. The Labute approximate surface area is 125 Å². The molecule has 0 aliphatic carbocycles. The summed E-state index contributed by atoms with van der Waals surface area (Å²) in [6, 6.07) is 3.84. The number of aromatic nitrogens is 2. The van der Waals surface area contributed by atoms with Gasteiger partial charge in [0.15, 0.2) is 0 Å². The van der Waals surface area contributed by atoms with Crippen LogP contribution in [0.4, 0.5) is 0 Å². The average molecular weight is 344 g/mol. The van der Waals surface area contributed by atoms with Crippen LogP contribution in [0.25, 0.3) is 5.65 Å². The second-order valence-electron chi connectivity index (χ2n) is 5.50. The zero-order chi connectivity index (χ0) is 14.2. The Balaban J connectivity index is 2.20. The monoisotopic (exact) mass is 343 g/mol. The lowest BCUT2D eigenvalue weighted by Gasteiger charge is -2.25. The summed E-state index contributed by atoms with van der Waals surface area (Å²) < 4.78 is 17.8. The number of fused-ring (bicyclic) bond motifs is 1. The summed E-state index contributed by atoms with van der Waals surface area (Å²) >= 11 is 2.33. The molecular formula is C13H18BrN3OS. The van der Waals surface area contributed by atoms with Crippen molar-refractivity contribution >= 4 is 32.9 Å². The summed E-state index contributed by atoms with van der Waals surface area (Å²) in [4.78, 5) is 4.53. The fraction of sp³-hybridized carbons (Fsp3) is 0.462. The number of imidazole rings is 1. The molecule has 0 spiro atoms. The maximum Gasteiger partial charge on any atom is 0.137 e. The van der Waals surface area contributed by atoms with Gasteiger partial charge in [0.2, 0.25) is 0 Å². The second kappa shape index (κ2) is 5.44. The van der Waals surface area contributed by atoms with Gasteiger partial charge in [-0.05, 0) is 55.8 Å². The van der Waals surface area contributed by atoms with Crippen LogP contribution in [0.2, 0.25) is 0 Å². The molecule has 0 fully saturated rings. The lowest BCUT2D eigenvalue weighted by atomic mass is 10.3. The number of hydrogen-bond donors (Lipinski definition) is 1. The summed E-state index contributed by atoms with van der Waals surface area (Å²) in [6.45, 7) is 7.82. The van der Waals surface area contributed by atoms with Gasteiger partial charge in [0, 0.05) is 28.2 Å². The summed E-state index contributed by atoms with van der Waals surface area (Å²) in [7, 11) is 0. The summed E-state index contributed by atoms with van der Waals surface area (Å²) in [5.74, 6) is 0. The van der Waals surface area contributed by atoms with Gasteiger partial charge in [-0.1, -0.05) is 0 Å². The van der Waals surface area contributed by atoms with Crippen molar-refractivity contribution < 1.29 is 4.55 Å². The molecule has 2 heterocycles. The van der Waals surface area contributed by atoms with Crippen LogP contribution in [-0.4, -0.2) is 18.7 Å². The van der Waals surface area contributed by atoms with Crippen molar-refractivity contribution in [2.24, 2.45) is 0 Å². The Morgan fingerprint density at radius 1 is 1.37 bits per heavy atom. The largest absolute Gasteiger partial charge is 0.598 e. The number of hydrogen-bond acceptors (Lipinski definition) is 3. The molecule has 2 rings (SSSR count). The maximum atomic E-state index is 12.1. The van der Waals surface area contributed by atoms with Crippen LogP contribution in [-0.2, 0) is 11.4 Å². The first-order chi connectivity index (χ1) is 8.77. The molecule has 6 heteroatoms. The maximum absolute atomic E-state index is 12.1. The van der Waals surface area contributed by atoms with Crippen LogP contribution in [0.3, 0.4) is 0 Å². The zero-order valence-electron chi connectivity index (χ0n) is 11.5. The van der Waals surface area contributed by atoms with E-state index >= 15 is 0 Å². The van der Waals surface area contributed by atoms with Gasteiger partial charge >= 0.3 is 0 Å². The fourth-order valence-corrected chi connectivity index (χ4v) is 2.74. The van der Waals surface area contributed by atoms with Crippen molar-refractivity contribution in [1.82, 2.24) is 14.1 Å². The van der Waals surface area contributed by atoms with Gasteiger partial charge in [-0.15, -0.1) is 4.72 Å². The number of nitrogens with zero attached hydrogens (tertiary/aromatic N) is 2. The number of rotatable bonds is 3. The van der Waals surface area contributed by atoms with Gasteiger partial charge in [-0.2, -0.15) is 0 Å². The first-order valence-electron chi connectivity index (χ1n) is 6.09. The molecule has 0 aliphatic rings. The van der Waals surface area contributed by atoms with E-state index in [0.717, 1.165) is 15.8 Å². The SMILES string of the molecule is C[C@H](N[S@@+]([O-])C(C)(C)C)c1cn2cc(Br)ccc2n1. The van der Waals surface area contributed by atoms with E-state index in [0.29, 0.717) is 0 Å². The highest BCUT2D eigenvalue weighted by Crippen LogP contribution is 2.20. The molecule has 2 aromatic heterocycles. The van der Waals surface area contributed by atoms with E-state index in [1.54, 1.807) is 0 Å². The fourth-order valence-electron chi connectivity index (χ4n) is 1.59. The Morgan fingerprint density at radius 3 is 2.68 bits per heavy atom. The van der Waals surface area contributed by atoms with Crippen molar-refractivity contribution in [3.8, 4) is 0 Å². The molecule has 0 amide bonds. The van der Waals surface area contributed by atoms with E-state index in [9.17, 15) is 4.55 Å². The molecule has 0 radical (unpaired) electrons. The van der Waals surface area contributed by atoms with Crippen molar-refractivity contribution in [3.63, 3.8) is 0 Å². The quantitative estimate of drug-likeness (QED) is 0.870. The van der Waals surface area contributed by atoms with Gasteiger partial charge in [0.25, 0.3) is 0 Å². The first-order valence-corrected chi connectivity index (χ1v) is 8.04. The molecule has 2 aromatic rings. The zero-order valence-corrected chi connectivity index (χ0v) is 13.9. The van der Waals surface area contributed by atoms with Crippen molar-refractivity contribution in [2.45, 2.75) is 38.5 Å². The van der Waals surface area contributed by atoms with Crippen molar-refractivity contribution in [2.75, 3.05) is 0 Å². The predicted octanol–water partition coefficient (Wildman–Crippen LogP) is 3.21. The van der Waals surface area contributed by atoms with Crippen LogP contribution in [0.5, 0.6) is 0 Å². The normalized spacial score (nSPS) is 15.7. The van der Waals surface area contributed by atoms with Crippen LogP contribution in [0.1, 0.15) is 39.4 Å². The molecule has 4 nitrogen and oxygen atoms in total. The Bertz CT molecular complexity index is 579. The number of halogens is 1. The standard InChI is InChI=1S/C13H18BrN3OS/c1-9(16-19(18)13(2,3)4)11-8-17-7-10(14)5-6-12(17)15-11/h5-9,16H,1-4H3/t9-,19-/m0/s1. The highest BCUT2D eigenvalue weighted by molar-refractivity contribution is 9.10. The molecule has 1 N–H and O–H groups in total. The molecule has 0 saturated carbocycles. The molecule has 0 aromatic carbocycles. The molecule has 19 heavy (non-hydrogen) atoms. The summed E-state index contributed by atoms with van der Waals surface area (Å²) in [6.07, 6.45) is 3.91. The molecule has 0 aliphatic heterocycles. The van der Waals surface area contributed by atoms with E-state index in [-0.39, 0.29) is 10.8 Å². The average Bonchev–Trinajstić information content (AvgIpc) is 2.70. The molecule has 0 bridgehead atoms. The van der Waals surface area contributed by atoms with Gasteiger partial charge in [-0.3, -0.25) is 0 Å². The van der Waals surface area contributed by atoms with Crippen LogP contribution >= 0.6 is 15.9 Å². The van der Waals surface area contributed by atoms with Gasteiger partial charge in [0.1, 0.15) is 10.4 Å². The van der Waals surface area contributed by atoms with Gasteiger partial charge in [0.05, 0.1) is 11.7 Å². The minimum atomic E-state index is -1.10. The minimum Gasteiger partial charge on any atom is -0.598 e. The highest BCUT2D eigenvalue weighted by atomic mass is 79.9. The van der Waals surface area contributed by atoms with Gasteiger partial charge in [-0.25, -0.2) is 4.98 Å². The van der Waals surface area contributed by atoms with E-state index in [2.05, 4.69) is 25.6 Å². The Kier molecular flexibility index (Phi) is 4.25. The van der Waals surface area contributed by atoms with E-state index < -0.39 is 11.4 Å². The minimum absolute atomic E-state index is 0.0567. The Hall–Kier alpha value is -0.560. The first kappa shape index (κ1) is 14.8. The number of nitrogens with one attached hydrogen (secondary N) is 1. The van der Waals surface area contributed by atoms with Crippen LogP contribution in [0, 0.1) is 0 Å². The second-order valence-corrected chi connectivity index (χ2v) is 8.41. The molecule has 0 unspecified atom stereocenters. The lowest BCUT2D eigenvalue weighted by Crippen LogP contribution is -2.40. The summed E-state index contributed by atoms with van der Waals surface area (Å²) in [5, 5.41) is 0. The van der Waals surface area contributed by atoms with E-state index in [1.807, 2.05) is 56.6 Å². The van der Waals surface area contributed by atoms with Crippen LogP contribution in [0.15, 0.2) is 29.0 Å².